The number of imidazole rings is 1. The molecule has 0 bridgehead atoms. The lowest BCUT2D eigenvalue weighted by Gasteiger charge is -2.09. The number of hydrogen-bond donors (Lipinski definition) is 0. The quantitative estimate of drug-likeness (QED) is 0.670. The number of methoxy groups -OCH3 is 1. The molecule has 0 aliphatic rings. The molecule has 0 fully saturated rings. The molecule has 0 aliphatic heterocycles. The molecule has 130 valence electrons. The van der Waals surface area contributed by atoms with E-state index in [1.54, 1.807) is 0 Å². The van der Waals surface area contributed by atoms with Gasteiger partial charge >= 0.3 is 5.97 Å². The molecule has 0 N–H and O–H groups in total. The van der Waals surface area contributed by atoms with Gasteiger partial charge in [0.15, 0.2) is 5.65 Å². The van der Waals surface area contributed by atoms with Crippen LogP contribution >= 0.6 is 0 Å². The summed E-state index contributed by atoms with van der Waals surface area (Å²) in [5.74, 6) is 0.812. The number of aryl methyl sites for hydroxylation is 3. The van der Waals surface area contributed by atoms with Gasteiger partial charge in [-0.15, -0.1) is 0 Å². The molecule has 0 saturated heterocycles. The van der Waals surface area contributed by atoms with E-state index in [4.69, 9.17) is 14.7 Å². The van der Waals surface area contributed by atoms with Crippen molar-refractivity contribution in [2.24, 2.45) is 0 Å². The van der Waals surface area contributed by atoms with E-state index in [0.717, 1.165) is 45.8 Å². The maximum Gasteiger partial charge on any atom is 0.309 e. The van der Waals surface area contributed by atoms with Crippen LogP contribution in [0.25, 0.3) is 11.2 Å². The largest absolute Gasteiger partial charge is 0.469 e. The highest BCUT2D eigenvalue weighted by Crippen LogP contribution is 2.21. The Morgan fingerprint density at radius 3 is 2.44 bits per heavy atom. The van der Waals surface area contributed by atoms with Crippen molar-refractivity contribution >= 4 is 17.1 Å². The number of carbonyl (C=O) groups excluding carboxylic acids is 1. The van der Waals surface area contributed by atoms with Crippen molar-refractivity contribution in [3.63, 3.8) is 0 Å². The smallest absolute Gasteiger partial charge is 0.309 e. The van der Waals surface area contributed by atoms with E-state index in [1.807, 2.05) is 31.2 Å². The molecule has 2 heterocycles. The summed E-state index contributed by atoms with van der Waals surface area (Å²) in [5, 5.41) is 0. The lowest BCUT2D eigenvalue weighted by molar-refractivity contribution is -0.139. The van der Waals surface area contributed by atoms with Gasteiger partial charge < -0.3 is 9.30 Å². The predicted molar refractivity (Wildman–Crippen MR) is 97.6 cm³/mol. The number of aromatic nitrogens is 3. The lowest BCUT2D eigenvalue weighted by atomic mass is 10.1. The minimum absolute atomic E-state index is 0.225. The second-order valence-corrected chi connectivity index (χ2v) is 6.29. The Morgan fingerprint density at radius 2 is 1.80 bits per heavy atom. The van der Waals surface area contributed by atoms with E-state index in [2.05, 4.69) is 24.5 Å². The Morgan fingerprint density at radius 1 is 1.12 bits per heavy atom. The van der Waals surface area contributed by atoms with Crippen LogP contribution in [0.4, 0.5) is 0 Å². The highest BCUT2D eigenvalue weighted by molar-refractivity contribution is 5.76. The van der Waals surface area contributed by atoms with Crippen LogP contribution in [0.15, 0.2) is 30.3 Å². The number of fused-ring (bicyclic) bond motifs is 1. The van der Waals surface area contributed by atoms with E-state index < -0.39 is 0 Å². The monoisotopic (exact) mass is 337 g/mol. The molecule has 0 aliphatic carbocycles. The molecule has 0 atom stereocenters. The molecule has 0 radical (unpaired) electrons. The molecule has 1 aromatic carbocycles. The predicted octanol–water partition coefficient (Wildman–Crippen LogP) is 3.37. The van der Waals surface area contributed by atoms with Crippen LogP contribution in [0.2, 0.25) is 0 Å². The van der Waals surface area contributed by atoms with Gasteiger partial charge in [0.1, 0.15) is 11.3 Å². The van der Waals surface area contributed by atoms with Crippen LogP contribution in [-0.4, -0.2) is 27.6 Å². The fourth-order valence-corrected chi connectivity index (χ4v) is 3.07. The Labute approximate surface area is 147 Å². The number of carbonyl (C=O) groups is 1. The average molecular weight is 337 g/mol. The van der Waals surface area contributed by atoms with Crippen LogP contribution in [0.1, 0.15) is 35.1 Å². The zero-order valence-electron chi connectivity index (χ0n) is 15.2. The van der Waals surface area contributed by atoms with Crippen molar-refractivity contribution in [1.29, 1.82) is 0 Å². The third-order valence-corrected chi connectivity index (χ3v) is 4.36. The number of benzene rings is 1. The number of esters is 1. The molecular weight excluding hydrogens is 314 g/mol. The first kappa shape index (κ1) is 17.1. The summed E-state index contributed by atoms with van der Waals surface area (Å²) in [7, 11) is 1.41. The maximum absolute atomic E-state index is 11.4. The van der Waals surface area contributed by atoms with E-state index in [0.29, 0.717) is 13.0 Å². The van der Waals surface area contributed by atoms with Crippen LogP contribution in [-0.2, 0) is 28.9 Å². The van der Waals surface area contributed by atoms with E-state index in [-0.39, 0.29) is 5.97 Å². The van der Waals surface area contributed by atoms with E-state index in [9.17, 15) is 4.79 Å². The van der Waals surface area contributed by atoms with Gasteiger partial charge in [0.25, 0.3) is 0 Å². The summed E-state index contributed by atoms with van der Waals surface area (Å²) in [4.78, 5) is 20.9. The number of hydrogen-bond acceptors (Lipinski definition) is 4. The fraction of sp³-hybridized carbons (Fsp3) is 0.350. The molecule has 0 unspecified atom stereocenters. The van der Waals surface area contributed by atoms with E-state index >= 15 is 0 Å². The van der Waals surface area contributed by atoms with Gasteiger partial charge in [0, 0.05) is 12.1 Å². The minimum Gasteiger partial charge on any atom is -0.469 e. The third kappa shape index (κ3) is 3.55. The van der Waals surface area contributed by atoms with Gasteiger partial charge in [-0.2, -0.15) is 0 Å². The molecule has 2 aromatic heterocycles. The normalized spacial score (nSPS) is 11.0. The van der Waals surface area contributed by atoms with Crippen LogP contribution in [0.3, 0.4) is 0 Å². The molecule has 5 heteroatoms. The van der Waals surface area contributed by atoms with Crippen LogP contribution < -0.4 is 0 Å². The Kier molecular flexibility index (Phi) is 4.83. The Balaban J connectivity index is 1.93. The summed E-state index contributed by atoms with van der Waals surface area (Å²) < 4.78 is 6.90. The van der Waals surface area contributed by atoms with Gasteiger partial charge in [0.05, 0.1) is 20.1 Å². The van der Waals surface area contributed by atoms with Crippen molar-refractivity contribution in [2.75, 3.05) is 7.11 Å². The maximum atomic E-state index is 11.4. The van der Waals surface area contributed by atoms with Crippen molar-refractivity contribution < 1.29 is 9.53 Å². The molecule has 0 saturated carbocycles. The first-order valence-corrected chi connectivity index (χ1v) is 8.49. The van der Waals surface area contributed by atoms with Gasteiger partial charge in [-0.1, -0.05) is 31.2 Å². The van der Waals surface area contributed by atoms with Gasteiger partial charge in [-0.25, -0.2) is 9.97 Å². The van der Waals surface area contributed by atoms with E-state index in [1.165, 1.54) is 7.11 Å². The number of ether oxygens (including phenoxy) is 1. The van der Waals surface area contributed by atoms with Gasteiger partial charge in [0.2, 0.25) is 0 Å². The van der Waals surface area contributed by atoms with Gasteiger partial charge in [-0.05, 0) is 36.6 Å². The highest BCUT2D eigenvalue weighted by Gasteiger charge is 2.13. The molecule has 0 spiro atoms. The van der Waals surface area contributed by atoms with Crippen molar-refractivity contribution in [3.05, 3.63) is 58.5 Å². The van der Waals surface area contributed by atoms with Crippen molar-refractivity contribution in [2.45, 2.75) is 40.2 Å². The molecule has 0 amide bonds. The summed E-state index contributed by atoms with van der Waals surface area (Å²) >= 11 is 0. The molecule has 25 heavy (non-hydrogen) atoms. The first-order valence-electron chi connectivity index (χ1n) is 8.49. The van der Waals surface area contributed by atoms with Crippen molar-refractivity contribution in [3.8, 4) is 0 Å². The van der Waals surface area contributed by atoms with Gasteiger partial charge in [-0.3, -0.25) is 4.79 Å². The second kappa shape index (κ2) is 7.05. The zero-order chi connectivity index (χ0) is 18.0. The Bertz CT molecular complexity index is 911. The lowest BCUT2D eigenvalue weighted by Crippen LogP contribution is -2.07. The first-order chi connectivity index (χ1) is 12.0. The summed E-state index contributed by atoms with van der Waals surface area (Å²) in [6, 6.07) is 10.1. The summed E-state index contributed by atoms with van der Waals surface area (Å²) in [6.45, 7) is 6.92. The average Bonchev–Trinajstić information content (AvgIpc) is 2.94. The summed E-state index contributed by atoms with van der Waals surface area (Å²) in [6.07, 6.45) is 1.15. The fourth-order valence-electron chi connectivity index (χ4n) is 3.07. The van der Waals surface area contributed by atoms with Crippen LogP contribution in [0, 0.1) is 13.8 Å². The second-order valence-electron chi connectivity index (χ2n) is 6.29. The van der Waals surface area contributed by atoms with Crippen molar-refractivity contribution in [1.82, 2.24) is 14.5 Å². The topological polar surface area (TPSA) is 57.0 Å². The van der Waals surface area contributed by atoms with Crippen LogP contribution in [0.5, 0.6) is 0 Å². The highest BCUT2D eigenvalue weighted by atomic mass is 16.5. The molecule has 3 rings (SSSR count). The molecular formula is C20H23N3O2. The minimum atomic E-state index is -0.225. The standard InChI is InChI=1S/C20H23N3O2/c1-5-17-22-19-13(2)10-14(3)21-20(19)23(17)12-16-8-6-15(7-9-16)11-18(24)25-4/h6-10H,5,11-12H2,1-4H3. The summed E-state index contributed by atoms with van der Waals surface area (Å²) in [5.41, 5.74) is 6.18. The zero-order valence-corrected chi connectivity index (χ0v) is 15.2. The SMILES string of the molecule is CCc1nc2c(C)cc(C)nc2n1Cc1ccc(CC(=O)OC)cc1. The number of rotatable bonds is 5. The number of pyridine rings is 1. The molecule has 3 aromatic rings. The third-order valence-electron chi connectivity index (χ3n) is 4.36. The number of nitrogens with zero attached hydrogens (tertiary/aromatic N) is 3. The Hall–Kier alpha value is -2.69. The molecule has 5 nitrogen and oxygen atoms in total.